The van der Waals surface area contributed by atoms with Crippen LogP contribution in [0.25, 0.3) is 0 Å². The first-order chi connectivity index (χ1) is 4.88. The summed E-state index contributed by atoms with van der Waals surface area (Å²) < 4.78 is 0. The van der Waals surface area contributed by atoms with Gasteiger partial charge in [0.2, 0.25) is 0 Å². The third kappa shape index (κ3) is 1.72. The maximum absolute atomic E-state index is 3.40. The molecule has 1 aliphatic rings. The van der Waals surface area contributed by atoms with Crippen LogP contribution in [0.4, 0.5) is 0 Å². The smallest absolute Gasteiger partial charge is 0.00922 e. The van der Waals surface area contributed by atoms with E-state index in [2.05, 4.69) is 19.3 Å². The molecule has 0 heterocycles. The summed E-state index contributed by atoms with van der Waals surface area (Å²) in [5.74, 6) is 0.957. The number of rotatable bonds is 2. The molecule has 1 saturated carbocycles. The molecule has 0 radical (unpaired) electrons. The standard InChI is InChI=1S/C9H19N/c1-3-8-6-4-5-7-9(8)10-2/h8-10H,3-7H2,1-2H3/t8-,9+/m0/s1. The molecule has 1 aliphatic carbocycles. The molecule has 0 amide bonds. The molecule has 1 fully saturated rings. The zero-order chi connectivity index (χ0) is 7.40. The van der Waals surface area contributed by atoms with Gasteiger partial charge in [0.15, 0.2) is 0 Å². The van der Waals surface area contributed by atoms with Gasteiger partial charge in [-0.3, -0.25) is 0 Å². The maximum Gasteiger partial charge on any atom is 0.00922 e. The number of hydrogen-bond acceptors (Lipinski definition) is 1. The Hall–Kier alpha value is -0.0400. The molecule has 0 saturated heterocycles. The molecular weight excluding hydrogens is 122 g/mol. The molecule has 10 heavy (non-hydrogen) atoms. The Kier molecular flexibility index (Phi) is 3.20. The van der Waals surface area contributed by atoms with Crippen molar-refractivity contribution in [3.63, 3.8) is 0 Å². The minimum atomic E-state index is 0.818. The average Bonchev–Trinajstić information content (AvgIpc) is 2.04. The van der Waals surface area contributed by atoms with Crippen LogP contribution < -0.4 is 5.32 Å². The van der Waals surface area contributed by atoms with E-state index in [1.165, 1.54) is 32.1 Å². The third-order valence-electron chi connectivity index (χ3n) is 2.80. The molecule has 2 atom stereocenters. The fourth-order valence-corrected chi connectivity index (χ4v) is 2.08. The highest BCUT2D eigenvalue weighted by Gasteiger charge is 2.21. The lowest BCUT2D eigenvalue weighted by molar-refractivity contribution is 0.267. The second kappa shape index (κ2) is 3.97. The van der Waals surface area contributed by atoms with Crippen LogP contribution in [0.5, 0.6) is 0 Å². The van der Waals surface area contributed by atoms with Crippen molar-refractivity contribution >= 4 is 0 Å². The van der Waals surface area contributed by atoms with Gasteiger partial charge in [-0.05, 0) is 25.8 Å². The maximum atomic E-state index is 3.40. The Bertz CT molecular complexity index is 78.7. The van der Waals surface area contributed by atoms with E-state index in [-0.39, 0.29) is 0 Å². The van der Waals surface area contributed by atoms with E-state index < -0.39 is 0 Å². The second-order valence-corrected chi connectivity index (χ2v) is 3.35. The molecule has 0 aromatic heterocycles. The van der Waals surface area contributed by atoms with Crippen molar-refractivity contribution in [3.8, 4) is 0 Å². The lowest BCUT2D eigenvalue weighted by Gasteiger charge is -2.30. The van der Waals surface area contributed by atoms with Crippen LogP contribution in [0.15, 0.2) is 0 Å². The summed E-state index contributed by atoms with van der Waals surface area (Å²) in [7, 11) is 2.10. The Morgan fingerprint density at radius 2 is 2.00 bits per heavy atom. The van der Waals surface area contributed by atoms with Gasteiger partial charge in [0, 0.05) is 6.04 Å². The normalized spacial score (nSPS) is 34.2. The van der Waals surface area contributed by atoms with Crippen molar-refractivity contribution < 1.29 is 0 Å². The summed E-state index contributed by atoms with van der Waals surface area (Å²) in [6.45, 7) is 2.31. The molecular formula is C9H19N. The van der Waals surface area contributed by atoms with E-state index in [9.17, 15) is 0 Å². The van der Waals surface area contributed by atoms with Gasteiger partial charge in [0.1, 0.15) is 0 Å². The third-order valence-corrected chi connectivity index (χ3v) is 2.80. The largest absolute Gasteiger partial charge is 0.317 e. The highest BCUT2D eigenvalue weighted by atomic mass is 14.9. The van der Waals surface area contributed by atoms with Gasteiger partial charge in [-0.1, -0.05) is 26.2 Å². The lowest BCUT2D eigenvalue weighted by Crippen LogP contribution is -2.35. The van der Waals surface area contributed by atoms with Gasteiger partial charge in [0.05, 0.1) is 0 Å². The molecule has 0 bridgehead atoms. The molecule has 1 rings (SSSR count). The van der Waals surface area contributed by atoms with Crippen molar-refractivity contribution in [1.29, 1.82) is 0 Å². The van der Waals surface area contributed by atoms with Crippen LogP contribution in [0.2, 0.25) is 0 Å². The predicted molar refractivity (Wildman–Crippen MR) is 45.1 cm³/mol. The number of hydrogen-bond donors (Lipinski definition) is 1. The quantitative estimate of drug-likeness (QED) is 0.621. The highest BCUT2D eigenvalue weighted by Crippen LogP contribution is 2.26. The molecule has 60 valence electrons. The molecule has 0 aliphatic heterocycles. The van der Waals surface area contributed by atoms with Crippen LogP contribution in [0.1, 0.15) is 39.0 Å². The van der Waals surface area contributed by atoms with Crippen LogP contribution in [0.3, 0.4) is 0 Å². The SMILES string of the molecule is CC[C@H]1CCCC[C@H]1NC. The monoisotopic (exact) mass is 141 g/mol. The lowest BCUT2D eigenvalue weighted by atomic mass is 9.83. The van der Waals surface area contributed by atoms with Gasteiger partial charge in [0.25, 0.3) is 0 Å². The minimum absolute atomic E-state index is 0.818. The van der Waals surface area contributed by atoms with E-state index in [0.717, 1.165) is 12.0 Å². The highest BCUT2D eigenvalue weighted by molar-refractivity contribution is 4.78. The van der Waals surface area contributed by atoms with Crippen LogP contribution >= 0.6 is 0 Å². The van der Waals surface area contributed by atoms with Gasteiger partial charge in [-0.25, -0.2) is 0 Å². The molecule has 0 unspecified atom stereocenters. The first-order valence-electron chi connectivity index (χ1n) is 4.55. The van der Waals surface area contributed by atoms with Gasteiger partial charge < -0.3 is 5.32 Å². The second-order valence-electron chi connectivity index (χ2n) is 3.35. The molecule has 1 heteroatoms. The Balaban J connectivity index is 2.34. The van der Waals surface area contributed by atoms with Gasteiger partial charge >= 0.3 is 0 Å². The van der Waals surface area contributed by atoms with Gasteiger partial charge in [-0.2, -0.15) is 0 Å². The van der Waals surface area contributed by atoms with Crippen molar-refractivity contribution in [1.82, 2.24) is 5.32 Å². The summed E-state index contributed by atoms with van der Waals surface area (Å²) in [5.41, 5.74) is 0. The Morgan fingerprint density at radius 3 is 2.50 bits per heavy atom. The molecule has 1 N–H and O–H groups in total. The summed E-state index contributed by atoms with van der Waals surface area (Å²) >= 11 is 0. The van der Waals surface area contributed by atoms with E-state index in [1.54, 1.807) is 0 Å². The molecule has 0 aromatic carbocycles. The summed E-state index contributed by atoms with van der Waals surface area (Å²) in [4.78, 5) is 0. The first-order valence-corrected chi connectivity index (χ1v) is 4.55. The Morgan fingerprint density at radius 1 is 1.30 bits per heavy atom. The summed E-state index contributed by atoms with van der Waals surface area (Å²) in [5, 5.41) is 3.40. The predicted octanol–water partition coefficient (Wildman–Crippen LogP) is 2.17. The summed E-state index contributed by atoms with van der Waals surface area (Å²) in [6.07, 6.45) is 7.08. The molecule has 0 aromatic rings. The van der Waals surface area contributed by atoms with E-state index in [4.69, 9.17) is 0 Å². The Labute approximate surface area is 64.2 Å². The molecule has 0 spiro atoms. The van der Waals surface area contributed by atoms with Crippen LogP contribution in [0, 0.1) is 5.92 Å². The van der Waals surface area contributed by atoms with Crippen molar-refractivity contribution in [2.24, 2.45) is 5.92 Å². The van der Waals surface area contributed by atoms with Crippen LogP contribution in [-0.2, 0) is 0 Å². The topological polar surface area (TPSA) is 12.0 Å². The zero-order valence-corrected chi connectivity index (χ0v) is 7.19. The van der Waals surface area contributed by atoms with Crippen molar-refractivity contribution in [3.05, 3.63) is 0 Å². The van der Waals surface area contributed by atoms with Crippen molar-refractivity contribution in [2.45, 2.75) is 45.1 Å². The first kappa shape index (κ1) is 8.06. The van der Waals surface area contributed by atoms with E-state index in [1.807, 2.05) is 0 Å². The minimum Gasteiger partial charge on any atom is -0.317 e. The van der Waals surface area contributed by atoms with Crippen molar-refractivity contribution in [2.75, 3.05) is 7.05 Å². The summed E-state index contributed by atoms with van der Waals surface area (Å²) in [6, 6.07) is 0.818. The fraction of sp³-hybridized carbons (Fsp3) is 1.00. The molecule has 1 nitrogen and oxygen atoms in total. The van der Waals surface area contributed by atoms with E-state index >= 15 is 0 Å². The van der Waals surface area contributed by atoms with Gasteiger partial charge in [-0.15, -0.1) is 0 Å². The number of nitrogens with one attached hydrogen (secondary N) is 1. The average molecular weight is 141 g/mol. The fourth-order valence-electron chi connectivity index (χ4n) is 2.08. The zero-order valence-electron chi connectivity index (χ0n) is 7.19. The van der Waals surface area contributed by atoms with E-state index in [0.29, 0.717) is 0 Å². The van der Waals surface area contributed by atoms with Crippen LogP contribution in [-0.4, -0.2) is 13.1 Å².